The molecule has 1 N–H and O–H groups in total. The summed E-state index contributed by atoms with van der Waals surface area (Å²) in [5.41, 5.74) is 0.641. The molecule has 144 valence electrons. The predicted octanol–water partition coefficient (Wildman–Crippen LogP) is 3.45. The Morgan fingerprint density at radius 1 is 1.08 bits per heavy atom. The van der Waals surface area contributed by atoms with Gasteiger partial charge in [0, 0.05) is 17.8 Å². The first-order valence-corrected chi connectivity index (χ1v) is 8.74. The number of rotatable bonds is 7. The molecule has 7 nitrogen and oxygen atoms in total. The van der Waals surface area contributed by atoms with E-state index in [-0.39, 0.29) is 30.2 Å². The lowest BCUT2D eigenvalue weighted by Crippen LogP contribution is -2.47. The molecule has 0 bridgehead atoms. The van der Waals surface area contributed by atoms with Crippen molar-refractivity contribution < 1.29 is 23.9 Å². The maximum absolute atomic E-state index is 12.6. The lowest BCUT2D eigenvalue weighted by atomic mass is 10.2. The minimum atomic E-state index is -0.908. The van der Waals surface area contributed by atoms with Gasteiger partial charge < -0.3 is 14.4 Å². The standard InChI is InChI=1S/C19H28N2O5/c1-7-25-19(24)20-16-10-8-9-15(11-16)18(23)26-14(6)17(22)21(12(2)3)13(4)5/h8-14H,7H2,1-6H3,(H,20,24). The minimum absolute atomic E-state index is 0.000702. The van der Waals surface area contributed by atoms with Gasteiger partial charge >= 0.3 is 12.1 Å². The highest BCUT2D eigenvalue weighted by molar-refractivity contribution is 5.94. The fourth-order valence-corrected chi connectivity index (χ4v) is 2.60. The molecule has 0 saturated heterocycles. The van der Waals surface area contributed by atoms with Gasteiger partial charge in [-0.1, -0.05) is 6.07 Å². The summed E-state index contributed by atoms with van der Waals surface area (Å²) in [7, 11) is 0. The van der Waals surface area contributed by atoms with Gasteiger partial charge in [-0.15, -0.1) is 0 Å². The van der Waals surface area contributed by atoms with Gasteiger partial charge in [0.05, 0.1) is 12.2 Å². The molecule has 26 heavy (non-hydrogen) atoms. The lowest BCUT2D eigenvalue weighted by molar-refractivity contribution is -0.143. The second kappa shape index (κ2) is 9.79. The lowest BCUT2D eigenvalue weighted by Gasteiger charge is -2.32. The number of hydrogen-bond acceptors (Lipinski definition) is 5. The van der Waals surface area contributed by atoms with E-state index in [2.05, 4.69) is 5.32 Å². The summed E-state index contributed by atoms with van der Waals surface area (Å²) in [5, 5.41) is 2.52. The first kappa shape index (κ1) is 21.5. The molecule has 7 heteroatoms. The van der Waals surface area contributed by atoms with E-state index in [1.165, 1.54) is 6.07 Å². The van der Waals surface area contributed by atoms with Crippen LogP contribution in [0.5, 0.6) is 0 Å². The van der Waals surface area contributed by atoms with Crippen LogP contribution in [0, 0.1) is 0 Å². The number of carbonyl (C=O) groups excluding carboxylic acids is 3. The van der Waals surface area contributed by atoms with Gasteiger partial charge in [0.1, 0.15) is 0 Å². The van der Waals surface area contributed by atoms with E-state index in [0.29, 0.717) is 5.69 Å². The maximum Gasteiger partial charge on any atom is 0.411 e. The zero-order chi connectivity index (χ0) is 19.9. The number of hydrogen-bond donors (Lipinski definition) is 1. The molecule has 0 radical (unpaired) electrons. The molecule has 1 rings (SSSR count). The summed E-state index contributed by atoms with van der Waals surface area (Å²) in [4.78, 5) is 38.0. The Labute approximate surface area is 154 Å². The van der Waals surface area contributed by atoms with Crippen molar-refractivity contribution in [1.29, 1.82) is 0 Å². The first-order valence-electron chi connectivity index (χ1n) is 8.74. The normalized spacial score (nSPS) is 11.8. The summed E-state index contributed by atoms with van der Waals surface area (Å²) < 4.78 is 10.1. The molecule has 0 fully saturated rings. The van der Waals surface area contributed by atoms with E-state index < -0.39 is 18.2 Å². The molecule has 0 spiro atoms. The fraction of sp³-hybridized carbons (Fsp3) is 0.526. The molecule has 2 amide bonds. The Hall–Kier alpha value is -2.57. The third kappa shape index (κ3) is 6.06. The Morgan fingerprint density at radius 2 is 1.69 bits per heavy atom. The quantitative estimate of drug-likeness (QED) is 0.749. The Kier molecular flexibility index (Phi) is 8.09. The summed E-state index contributed by atoms with van der Waals surface area (Å²) in [6, 6.07) is 6.26. The number of anilines is 1. The minimum Gasteiger partial charge on any atom is -0.450 e. The van der Waals surface area contributed by atoms with Crippen molar-refractivity contribution in [3.8, 4) is 0 Å². The van der Waals surface area contributed by atoms with Crippen molar-refractivity contribution in [2.24, 2.45) is 0 Å². The summed E-state index contributed by atoms with van der Waals surface area (Å²) in [5.74, 6) is -0.880. The molecule has 0 aliphatic carbocycles. The highest BCUT2D eigenvalue weighted by Crippen LogP contribution is 2.15. The average Bonchev–Trinajstić information content (AvgIpc) is 2.54. The van der Waals surface area contributed by atoms with Crippen LogP contribution in [0.4, 0.5) is 10.5 Å². The number of benzene rings is 1. The van der Waals surface area contributed by atoms with Crippen LogP contribution in [0.2, 0.25) is 0 Å². The van der Waals surface area contributed by atoms with Crippen LogP contribution in [-0.2, 0) is 14.3 Å². The van der Waals surface area contributed by atoms with Crippen molar-refractivity contribution in [2.75, 3.05) is 11.9 Å². The van der Waals surface area contributed by atoms with E-state index in [0.717, 1.165) is 0 Å². The van der Waals surface area contributed by atoms with Crippen LogP contribution < -0.4 is 5.32 Å². The van der Waals surface area contributed by atoms with E-state index in [9.17, 15) is 14.4 Å². The first-order chi connectivity index (χ1) is 12.2. The molecule has 0 aromatic heterocycles. The molecular formula is C19H28N2O5. The maximum atomic E-state index is 12.6. The van der Waals surface area contributed by atoms with Crippen LogP contribution in [-0.4, -0.2) is 47.7 Å². The fourth-order valence-electron chi connectivity index (χ4n) is 2.60. The van der Waals surface area contributed by atoms with Crippen LogP contribution in [0.15, 0.2) is 24.3 Å². The van der Waals surface area contributed by atoms with Gasteiger partial charge in [-0.3, -0.25) is 10.1 Å². The van der Waals surface area contributed by atoms with Gasteiger partial charge in [0.15, 0.2) is 6.10 Å². The second-order valence-electron chi connectivity index (χ2n) is 6.41. The number of nitrogens with one attached hydrogen (secondary N) is 1. The van der Waals surface area contributed by atoms with Crippen molar-refractivity contribution in [3.63, 3.8) is 0 Å². The third-order valence-electron chi connectivity index (χ3n) is 3.62. The third-order valence-corrected chi connectivity index (χ3v) is 3.62. The van der Waals surface area contributed by atoms with E-state index in [1.807, 2.05) is 27.7 Å². The van der Waals surface area contributed by atoms with Crippen LogP contribution in [0.3, 0.4) is 0 Å². The smallest absolute Gasteiger partial charge is 0.411 e. The highest BCUT2D eigenvalue weighted by Gasteiger charge is 2.28. The van der Waals surface area contributed by atoms with E-state index in [1.54, 1.807) is 36.9 Å². The largest absolute Gasteiger partial charge is 0.450 e. The number of nitrogens with zero attached hydrogens (tertiary/aromatic N) is 1. The SMILES string of the molecule is CCOC(=O)Nc1cccc(C(=O)OC(C)C(=O)N(C(C)C)C(C)C)c1. The Bertz CT molecular complexity index is 635. The molecule has 0 heterocycles. The number of carbonyl (C=O) groups is 3. The Balaban J connectivity index is 2.81. The summed E-state index contributed by atoms with van der Waals surface area (Å²) in [6.45, 7) is 11.2. The predicted molar refractivity (Wildman–Crippen MR) is 99.1 cm³/mol. The van der Waals surface area contributed by atoms with Crippen molar-refractivity contribution >= 4 is 23.7 Å². The topological polar surface area (TPSA) is 84.9 Å². The van der Waals surface area contributed by atoms with Crippen molar-refractivity contribution in [1.82, 2.24) is 4.90 Å². The van der Waals surface area contributed by atoms with E-state index >= 15 is 0 Å². The molecule has 0 aliphatic heterocycles. The van der Waals surface area contributed by atoms with Gasteiger partial charge in [-0.2, -0.15) is 0 Å². The zero-order valence-corrected chi connectivity index (χ0v) is 16.2. The number of amides is 2. The van der Waals surface area contributed by atoms with E-state index in [4.69, 9.17) is 9.47 Å². The summed E-state index contributed by atoms with van der Waals surface area (Å²) in [6.07, 6.45) is -1.51. The van der Waals surface area contributed by atoms with Gasteiger partial charge in [0.2, 0.25) is 0 Å². The van der Waals surface area contributed by atoms with Gasteiger partial charge in [-0.25, -0.2) is 9.59 Å². The second-order valence-corrected chi connectivity index (χ2v) is 6.41. The number of esters is 1. The van der Waals surface area contributed by atoms with Crippen LogP contribution in [0.1, 0.15) is 51.9 Å². The summed E-state index contributed by atoms with van der Waals surface area (Å²) >= 11 is 0. The van der Waals surface area contributed by atoms with Crippen LogP contribution in [0.25, 0.3) is 0 Å². The monoisotopic (exact) mass is 364 g/mol. The van der Waals surface area contributed by atoms with Gasteiger partial charge in [-0.05, 0) is 59.7 Å². The molecule has 1 unspecified atom stereocenters. The molecule has 0 saturated carbocycles. The molecule has 0 aliphatic rings. The Morgan fingerprint density at radius 3 is 2.23 bits per heavy atom. The number of ether oxygens (including phenoxy) is 2. The molecule has 1 aromatic carbocycles. The highest BCUT2D eigenvalue weighted by atomic mass is 16.6. The van der Waals surface area contributed by atoms with Gasteiger partial charge in [0.25, 0.3) is 5.91 Å². The van der Waals surface area contributed by atoms with Crippen molar-refractivity contribution in [2.45, 2.75) is 59.7 Å². The zero-order valence-electron chi connectivity index (χ0n) is 16.2. The molecule has 1 aromatic rings. The molecular weight excluding hydrogens is 336 g/mol. The van der Waals surface area contributed by atoms with Crippen LogP contribution >= 0.6 is 0 Å². The molecule has 1 atom stereocenters. The average molecular weight is 364 g/mol. The van der Waals surface area contributed by atoms with Crippen molar-refractivity contribution in [3.05, 3.63) is 29.8 Å².